The second kappa shape index (κ2) is 8.88. The summed E-state index contributed by atoms with van der Waals surface area (Å²) >= 11 is 0. The molecule has 1 aromatic carbocycles. The van der Waals surface area contributed by atoms with Crippen molar-refractivity contribution in [3.8, 4) is 0 Å². The van der Waals surface area contributed by atoms with Crippen LogP contribution in [0.1, 0.15) is 33.1 Å². The molecule has 6 nitrogen and oxygen atoms in total. The Hall–Kier alpha value is -1.58. The van der Waals surface area contributed by atoms with E-state index in [9.17, 15) is 22.0 Å². The first-order chi connectivity index (χ1) is 12.2. The van der Waals surface area contributed by atoms with Crippen LogP contribution in [0.4, 0.5) is 8.78 Å². The molecule has 0 unspecified atom stereocenters. The average molecular weight is 389 g/mol. The van der Waals surface area contributed by atoms with Gasteiger partial charge in [-0.15, -0.1) is 0 Å². The zero-order valence-corrected chi connectivity index (χ0v) is 15.8. The van der Waals surface area contributed by atoms with Gasteiger partial charge in [-0.1, -0.05) is 0 Å². The van der Waals surface area contributed by atoms with Crippen molar-refractivity contribution in [1.29, 1.82) is 0 Å². The standard InChI is InChI=1S/C17H25F2N3O3S/c1-12(2)22-9-6-13(7-10-22)21-17(23)5-8-20-26(24,25)14-3-4-15(18)16(19)11-14/h3-4,11-13,20H,5-10H2,1-2H3,(H,21,23). The molecule has 0 radical (unpaired) electrons. The summed E-state index contributed by atoms with van der Waals surface area (Å²) in [7, 11) is -3.99. The Kier molecular flexibility index (Phi) is 7.08. The van der Waals surface area contributed by atoms with Crippen molar-refractivity contribution < 1.29 is 22.0 Å². The summed E-state index contributed by atoms with van der Waals surface area (Å²) in [5.74, 6) is -2.59. The van der Waals surface area contributed by atoms with Crippen molar-refractivity contribution in [1.82, 2.24) is 14.9 Å². The van der Waals surface area contributed by atoms with E-state index >= 15 is 0 Å². The number of piperidine rings is 1. The maximum absolute atomic E-state index is 13.2. The summed E-state index contributed by atoms with van der Waals surface area (Å²) in [5, 5.41) is 2.91. The second-order valence-electron chi connectivity index (χ2n) is 6.70. The molecule has 1 aliphatic rings. The molecule has 26 heavy (non-hydrogen) atoms. The van der Waals surface area contributed by atoms with Crippen LogP contribution < -0.4 is 10.0 Å². The third kappa shape index (κ3) is 5.72. The largest absolute Gasteiger partial charge is 0.353 e. The molecule has 1 heterocycles. The molecule has 1 amide bonds. The van der Waals surface area contributed by atoms with Crippen molar-refractivity contribution in [3.05, 3.63) is 29.8 Å². The van der Waals surface area contributed by atoms with E-state index in [1.165, 1.54) is 0 Å². The van der Waals surface area contributed by atoms with E-state index in [2.05, 4.69) is 28.8 Å². The monoisotopic (exact) mass is 389 g/mol. The van der Waals surface area contributed by atoms with Crippen LogP contribution in [0.2, 0.25) is 0 Å². The Morgan fingerprint density at radius 1 is 1.23 bits per heavy atom. The number of carbonyl (C=O) groups excluding carboxylic acids is 1. The van der Waals surface area contributed by atoms with Gasteiger partial charge in [0.15, 0.2) is 11.6 Å². The Bertz CT molecular complexity index is 733. The molecule has 9 heteroatoms. The van der Waals surface area contributed by atoms with Gasteiger partial charge in [-0.25, -0.2) is 21.9 Å². The fourth-order valence-corrected chi connectivity index (χ4v) is 3.93. The number of hydrogen-bond acceptors (Lipinski definition) is 4. The van der Waals surface area contributed by atoms with Crippen molar-refractivity contribution in [2.24, 2.45) is 0 Å². The predicted octanol–water partition coefficient (Wildman–Crippen LogP) is 1.62. The zero-order chi connectivity index (χ0) is 19.3. The van der Waals surface area contributed by atoms with Crippen molar-refractivity contribution in [2.45, 2.75) is 50.1 Å². The highest BCUT2D eigenvalue weighted by atomic mass is 32.2. The van der Waals surface area contributed by atoms with E-state index in [1.54, 1.807) is 0 Å². The average Bonchev–Trinajstić information content (AvgIpc) is 2.57. The van der Waals surface area contributed by atoms with Crippen molar-refractivity contribution >= 4 is 15.9 Å². The van der Waals surface area contributed by atoms with Crippen LogP contribution in [0.15, 0.2) is 23.1 Å². The zero-order valence-electron chi connectivity index (χ0n) is 15.0. The van der Waals surface area contributed by atoms with E-state index in [1.807, 2.05) is 0 Å². The number of halogens is 2. The number of hydrogen-bond donors (Lipinski definition) is 2. The maximum atomic E-state index is 13.2. The summed E-state index contributed by atoms with van der Waals surface area (Å²) in [6.45, 7) is 6.00. The molecule has 0 aromatic heterocycles. The fraction of sp³-hybridized carbons (Fsp3) is 0.588. The quantitative estimate of drug-likeness (QED) is 0.743. The molecular formula is C17H25F2N3O3S. The van der Waals surface area contributed by atoms with E-state index in [-0.39, 0.29) is 29.8 Å². The van der Waals surface area contributed by atoms with Gasteiger partial charge >= 0.3 is 0 Å². The lowest BCUT2D eigenvalue weighted by molar-refractivity contribution is -0.122. The molecule has 2 rings (SSSR count). The number of amides is 1. The first-order valence-corrected chi connectivity index (χ1v) is 10.2. The van der Waals surface area contributed by atoms with Crippen LogP contribution in [-0.4, -0.2) is 50.9 Å². The van der Waals surface area contributed by atoms with Crippen LogP contribution >= 0.6 is 0 Å². The fourth-order valence-electron chi connectivity index (χ4n) is 2.89. The molecule has 146 valence electrons. The molecule has 0 spiro atoms. The lowest BCUT2D eigenvalue weighted by Crippen LogP contribution is -2.47. The van der Waals surface area contributed by atoms with Gasteiger partial charge in [0.25, 0.3) is 0 Å². The number of nitrogens with zero attached hydrogens (tertiary/aromatic N) is 1. The summed E-state index contributed by atoms with van der Waals surface area (Å²) < 4.78 is 52.3. The molecule has 1 fully saturated rings. The number of nitrogens with one attached hydrogen (secondary N) is 2. The Morgan fingerprint density at radius 2 is 1.88 bits per heavy atom. The number of benzene rings is 1. The highest BCUT2D eigenvalue weighted by Gasteiger charge is 2.22. The Morgan fingerprint density at radius 3 is 2.46 bits per heavy atom. The summed E-state index contributed by atoms with van der Waals surface area (Å²) in [6, 6.07) is 2.92. The molecule has 1 aromatic rings. The van der Waals surface area contributed by atoms with Gasteiger partial charge in [0, 0.05) is 38.1 Å². The molecular weight excluding hydrogens is 364 g/mol. The molecule has 0 bridgehead atoms. The van der Waals surface area contributed by atoms with Gasteiger partial charge in [-0.3, -0.25) is 4.79 Å². The summed E-state index contributed by atoms with van der Waals surface area (Å²) in [4.78, 5) is 13.9. The van der Waals surface area contributed by atoms with E-state index in [0.29, 0.717) is 12.1 Å². The lowest BCUT2D eigenvalue weighted by Gasteiger charge is -2.34. The highest BCUT2D eigenvalue weighted by molar-refractivity contribution is 7.89. The third-order valence-electron chi connectivity index (χ3n) is 4.47. The van der Waals surface area contributed by atoms with Crippen LogP contribution in [-0.2, 0) is 14.8 Å². The van der Waals surface area contributed by atoms with E-state index < -0.39 is 21.7 Å². The van der Waals surface area contributed by atoms with E-state index in [0.717, 1.165) is 38.1 Å². The van der Waals surface area contributed by atoms with Crippen LogP contribution in [0.25, 0.3) is 0 Å². The minimum absolute atomic E-state index is 0.0205. The highest BCUT2D eigenvalue weighted by Crippen LogP contribution is 2.14. The molecule has 1 saturated heterocycles. The number of sulfonamides is 1. The van der Waals surface area contributed by atoms with E-state index in [4.69, 9.17) is 0 Å². The van der Waals surface area contributed by atoms with Crippen molar-refractivity contribution in [3.63, 3.8) is 0 Å². The third-order valence-corrected chi connectivity index (χ3v) is 5.93. The maximum Gasteiger partial charge on any atom is 0.240 e. The minimum Gasteiger partial charge on any atom is -0.353 e. The first kappa shape index (κ1) is 20.7. The Balaban J connectivity index is 1.76. The summed E-state index contributed by atoms with van der Waals surface area (Å²) in [6.07, 6.45) is 1.71. The minimum atomic E-state index is -3.99. The number of carbonyl (C=O) groups is 1. The smallest absolute Gasteiger partial charge is 0.240 e. The second-order valence-corrected chi connectivity index (χ2v) is 8.46. The van der Waals surface area contributed by atoms with Gasteiger partial charge in [0.1, 0.15) is 0 Å². The molecule has 0 aliphatic carbocycles. The van der Waals surface area contributed by atoms with Gasteiger partial charge in [0.05, 0.1) is 4.90 Å². The summed E-state index contributed by atoms with van der Waals surface area (Å²) in [5.41, 5.74) is 0. The number of rotatable bonds is 7. The predicted molar refractivity (Wildman–Crippen MR) is 94.0 cm³/mol. The van der Waals surface area contributed by atoms with Gasteiger partial charge in [0.2, 0.25) is 15.9 Å². The van der Waals surface area contributed by atoms with Crippen molar-refractivity contribution in [2.75, 3.05) is 19.6 Å². The molecule has 2 N–H and O–H groups in total. The SMILES string of the molecule is CC(C)N1CCC(NC(=O)CCNS(=O)(=O)c2ccc(F)c(F)c2)CC1. The molecule has 1 aliphatic heterocycles. The molecule has 0 saturated carbocycles. The normalized spacial score (nSPS) is 16.8. The van der Waals surface area contributed by atoms with Crippen LogP contribution in [0.3, 0.4) is 0 Å². The number of likely N-dealkylation sites (tertiary alicyclic amines) is 1. The topological polar surface area (TPSA) is 78.5 Å². The molecule has 0 atom stereocenters. The Labute approximate surface area is 153 Å². The van der Waals surface area contributed by atoms with Gasteiger partial charge in [-0.2, -0.15) is 0 Å². The van der Waals surface area contributed by atoms with Crippen LogP contribution in [0, 0.1) is 11.6 Å². The lowest BCUT2D eigenvalue weighted by atomic mass is 10.0. The van der Waals surface area contributed by atoms with Gasteiger partial charge < -0.3 is 10.2 Å². The van der Waals surface area contributed by atoms with Gasteiger partial charge in [-0.05, 0) is 44.9 Å². The first-order valence-electron chi connectivity index (χ1n) is 8.67. The van der Waals surface area contributed by atoms with Crippen LogP contribution in [0.5, 0.6) is 0 Å².